The van der Waals surface area contributed by atoms with Crippen LogP contribution in [0.2, 0.25) is 0 Å². The molecule has 0 N–H and O–H groups in total. The molecule has 0 aliphatic rings. The number of methoxy groups -OCH3 is 1. The molecule has 0 atom stereocenters. The average molecular weight is 212 g/mol. The number of Topliss-reactive ketones (excluding diaryl/α,β-unsaturated/α-hetero) is 2. The first kappa shape index (κ1) is 11.1. The Kier molecular flexibility index (Phi) is 3.98. The Labute approximate surface area is 86.7 Å². The van der Waals surface area contributed by atoms with Crippen LogP contribution in [-0.2, 0) is 9.53 Å². The van der Waals surface area contributed by atoms with Crippen LogP contribution in [0.15, 0.2) is 11.4 Å². The highest BCUT2D eigenvalue weighted by atomic mass is 32.1. The fourth-order valence-corrected chi connectivity index (χ4v) is 1.79. The molecule has 0 amide bonds. The van der Waals surface area contributed by atoms with Gasteiger partial charge in [0.25, 0.3) is 0 Å². The Bertz CT molecular complexity index is 341. The van der Waals surface area contributed by atoms with Crippen LogP contribution >= 0.6 is 11.3 Å². The van der Waals surface area contributed by atoms with Gasteiger partial charge in [0, 0.05) is 22.9 Å². The zero-order valence-electron chi connectivity index (χ0n) is 8.20. The first-order valence-electron chi connectivity index (χ1n) is 4.22. The summed E-state index contributed by atoms with van der Waals surface area (Å²) in [6, 6.07) is 1.80. The summed E-state index contributed by atoms with van der Waals surface area (Å²) in [5.41, 5.74) is 0.622. The van der Waals surface area contributed by atoms with Crippen LogP contribution in [0, 0.1) is 6.92 Å². The van der Waals surface area contributed by atoms with Gasteiger partial charge in [-0.2, -0.15) is 0 Å². The number of ether oxygens (including phenoxy) is 1. The normalized spacial score (nSPS) is 10.1. The van der Waals surface area contributed by atoms with Crippen molar-refractivity contribution in [1.82, 2.24) is 0 Å². The maximum Gasteiger partial charge on any atom is 0.171 e. The molecule has 0 aliphatic carbocycles. The van der Waals surface area contributed by atoms with Crippen LogP contribution in [0.4, 0.5) is 0 Å². The first-order chi connectivity index (χ1) is 6.63. The molecule has 1 aromatic rings. The average Bonchev–Trinajstić information content (AvgIpc) is 2.52. The van der Waals surface area contributed by atoms with Crippen LogP contribution in [0.3, 0.4) is 0 Å². The van der Waals surface area contributed by atoms with Gasteiger partial charge in [-0.05, 0) is 13.0 Å². The standard InChI is InChI=1S/C10H12O3S/c1-7-3-8(6-14-7)10(12)4-9(11)5-13-2/h3,6H,4-5H2,1-2H3. The van der Waals surface area contributed by atoms with E-state index in [4.69, 9.17) is 0 Å². The summed E-state index contributed by atoms with van der Waals surface area (Å²) >= 11 is 1.51. The van der Waals surface area contributed by atoms with E-state index in [0.29, 0.717) is 5.56 Å². The van der Waals surface area contributed by atoms with Gasteiger partial charge in [0.1, 0.15) is 6.61 Å². The van der Waals surface area contributed by atoms with Gasteiger partial charge in [-0.1, -0.05) is 0 Å². The molecule has 1 rings (SSSR count). The van der Waals surface area contributed by atoms with Gasteiger partial charge in [-0.25, -0.2) is 0 Å². The van der Waals surface area contributed by atoms with E-state index < -0.39 is 0 Å². The lowest BCUT2D eigenvalue weighted by Gasteiger charge is -1.96. The van der Waals surface area contributed by atoms with Crippen LogP contribution < -0.4 is 0 Å². The molecule has 0 radical (unpaired) electrons. The van der Waals surface area contributed by atoms with E-state index in [-0.39, 0.29) is 24.6 Å². The second-order valence-corrected chi connectivity index (χ2v) is 4.13. The van der Waals surface area contributed by atoms with E-state index in [0.717, 1.165) is 4.88 Å². The summed E-state index contributed by atoms with van der Waals surface area (Å²) in [4.78, 5) is 23.6. The van der Waals surface area contributed by atoms with Crippen molar-refractivity contribution in [2.45, 2.75) is 13.3 Å². The molecule has 0 aliphatic heterocycles. The molecule has 1 heterocycles. The monoisotopic (exact) mass is 212 g/mol. The van der Waals surface area contributed by atoms with Crippen molar-refractivity contribution < 1.29 is 14.3 Å². The van der Waals surface area contributed by atoms with Gasteiger partial charge < -0.3 is 4.74 Å². The van der Waals surface area contributed by atoms with E-state index in [9.17, 15) is 9.59 Å². The van der Waals surface area contributed by atoms with Gasteiger partial charge in [0.05, 0.1) is 6.42 Å². The minimum atomic E-state index is -0.179. The van der Waals surface area contributed by atoms with Gasteiger partial charge in [-0.15, -0.1) is 11.3 Å². The molecule has 3 nitrogen and oxygen atoms in total. The van der Waals surface area contributed by atoms with Crippen LogP contribution in [-0.4, -0.2) is 25.3 Å². The smallest absolute Gasteiger partial charge is 0.171 e. The van der Waals surface area contributed by atoms with Crippen molar-refractivity contribution in [1.29, 1.82) is 0 Å². The molecule has 0 spiro atoms. The van der Waals surface area contributed by atoms with Crippen molar-refractivity contribution in [3.63, 3.8) is 0 Å². The third-order valence-corrected chi connectivity index (χ3v) is 2.58. The van der Waals surface area contributed by atoms with Crippen molar-refractivity contribution in [2.24, 2.45) is 0 Å². The topological polar surface area (TPSA) is 43.4 Å². The van der Waals surface area contributed by atoms with Crippen molar-refractivity contribution in [3.05, 3.63) is 21.9 Å². The predicted molar refractivity (Wildman–Crippen MR) is 54.9 cm³/mol. The highest BCUT2D eigenvalue weighted by Gasteiger charge is 2.12. The van der Waals surface area contributed by atoms with Gasteiger partial charge in [0.15, 0.2) is 11.6 Å². The van der Waals surface area contributed by atoms with Crippen LogP contribution in [0.25, 0.3) is 0 Å². The largest absolute Gasteiger partial charge is 0.377 e. The molecule has 1 aromatic heterocycles. The fraction of sp³-hybridized carbons (Fsp3) is 0.400. The maximum absolute atomic E-state index is 11.5. The summed E-state index contributed by atoms with van der Waals surface area (Å²) in [5, 5.41) is 1.78. The molecule has 0 aromatic carbocycles. The number of hydrogen-bond donors (Lipinski definition) is 0. The molecule has 0 saturated carbocycles. The Hall–Kier alpha value is -1.00. The zero-order chi connectivity index (χ0) is 10.6. The summed E-state index contributed by atoms with van der Waals surface area (Å²) in [6.07, 6.45) is -0.0655. The highest BCUT2D eigenvalue weighted by Crippen LogP contribution is 2.14. The van der Waals surface area contributed by atoms with E-state index in [1.54, 1.807) is 11.4 Å². The van der Waals surface area contributed by atoms with Crippen LogP contribution in [0.5, 0.6) is 0 Å². The molecule has 0 bridgehead atoms. The van der Waals surface area contributed by atoms with Crippen LogP contribution in [0.1, 0.15) is 21.7 Å². The molecule has 0 unspecified atom stereocenters. The number of hydrogen-bond acceptors (Lipinski definition) is 4. The lowest BCUT2D eigenvalue weighted by atomic mass is 10.1. The second-order valence-electron chi connectivity index (χ2n) is 3.02. The Balaban J connectivity index is 2.55. The minimum Gasteiger partial charge on any atom is -0.377 e. The van der Waals surface area contributed by atoms with Gasteiger partial charge in [-0.3, -0.25) is 9.59 Å². The predicted octanol–water partition coefficient (Wildman–Crippen LogP) is 1.84. The van der Waals surface area contributed by atoms with Gasteiger partial charge >= 0.3 is 0 Å². The summed E-state index contributed by atoms with van der Waals surface area (Å²) in [6.45, 7) is 1.94. The molecular weight excluding hydrogens is 200 g/mol. The molecule has 4 heteroatoms. The van der Waals surface area contributed by atoms with Crippen molar-refractivity contribution in [2.75, 3.05) is 13.7 Å². The molecule has 14 heavy (non-hydrogen) atoms. The fourth-order valence-electron chi connectivity index (χ4n) is 1.08. The van der Waals surface area contributed by atoms with E-state index in [2.05, 4.69) is 4.74 Å². The maximum atomic E-state index is 11.5. The quantitative estimate of drug-likeness (QED) is 0.552. The number of rotatable bonds is 5. The third-order valence-electron chi connectivity index (χ3n) is 1.72. The number of ketones is 2. The Morgan fingerprint density at radius 3 is 2.71 bits per heavy atom. The summed E-state index contributed by atoms with van der Waals surface area (Å²) in [7, 11) is 1.44. The van der Waals surface area contributed by atoms with E-state index in [1.807, 2.05) is 6.92 Å². The lowest BCUT2D eigenvalue weighted by Crippen LogP contribution is -2.12. The number of thiophene rings is 1. The van der Waals surface area contributed by atoms with Crippen molar-refractivity contribution >= 4 is 22.9 Å². The lowest BCUT2D eigenvalue weighted by molar-refractivity contribution is -0.121. The minimum absolute atomic E-state index is 0.00879. The number of aryl methyl sites for hydroxylation is 1. The second kappa shape index (κ2) is 5.02. The summed E-state index contributed by atoms with van der Waals surface area (Å²) < 4.78 is 4.65. The summed E-state index contributed by atoms with van der Waals surface area (Å²) in [5.74, 6) is -0.308. The van der Waals surface area contributed by atoms with E-state index >= 15 is 0 Å². The Morgan fingerprint density at radius 1 is 1.50 bits per heavy atom. The van der Waals surface area contributed by atoms with E-state index in [1.165, 1.54) is 18.4 Å². The van der Waals surface area contributed by atoms with Gasteiger partial charge in [0.2, 0.25) is 0 Å². The van der Waals surface area contributed by atoms with Crippen molar-refractivity contribution in [3.8, 4) is 0 Å². The molecule has 0 fully saturated rings. The zero-order valence-corrected chi connectivity index (χ0v) is 9.02. The Morgan fingerprint density at radius 2 is 2.21 bits per heavy atom. The molecular formula is C10H12O3S. The third kappa shape index (κ3) is 3.05. The molecule has 76 valence electrons. The first-order valence-corrected chi connectivity index (χ1v) is 5.10. The SMILES string of the molecule is COCC(=O)CC(=O)c1csc(C)c1. The molecule has 0 saturated heterocycles. The number of carbonyl (C=O) groups is 2. The number of carbonyl (C=O) groups excluding carboxylic acids is 2. The highest BCUT2D eigenvalue weighted by molar-refractivity contribution is 7.10.